The highest BCUT2D eigenvalue weighted by Gasteiger charge is 2.46. The molecule has 6 rings (SSSR count). The van der Waals surface area contributed by atoms with Crippen LogP contribution in [0.1, 0.15) is 70.4 Å². The lowest BCUT2D eigenvalue weighted by Gasteiger charge is -2.27. The molecule has 0 radical (unpaired) electrons. The molecule has 0 aromatic heterocycles. The molecular weight excluding hydrogens is 815 g/mol. The van der Waals surface area contributed by atoms with Gasteiger partial charge in [0.15, 0.2) is 5.57 Å². The Morgan fingerprint density at radius 1 is 0.759 bits per heavy atom. The first-order valence-electron chi connectivity index (χ1n) is 19.3. The third-order valence-electron chi connectivity index (χ3n) is 9.50. The Labute approximate surface area is 356 Å². The van der Waals surface area contributed by atoms with Crippen LogP contribution >= 0.6 is 47.0 Å². The van der Waals surface area contributed by atoms with Gasteiger partial charge in [0.25, 0.3) is 11.8 Å². The number of carbonyl (C=O) groups excluding carboxylic acids is 4. The average Bonchev–Trinajstić information content (AvgIpc) is 3.93. The van der Waals surface area contributed by atoms with E-state index in [4.69, 9.17) is 18.9 Å². The van der Waals surface area contributed by atoms with Crippen molar-refractivity contribution in [1.82, 2.24) is 10.0 Å². The maximum atomic E-state index is 14.4. The number of rotatable bonds is 18. The molecule has 304 valence electrons. The second-order valence-corrected chi connectivity index (χ2v) is 18.2. The van der Waals surface area contributed by atoms with Gasteiger partial charge in [-0.05, 0) is 29.9 Å². The number of hydrazine groups is 1. The molecule has 3 aromatic carbocycles. The molecule has 1 unspecified atom stereocenters. The predicted molar refractivity (Wildman–Crippen MR) is 226 cm³/mol. The van der Waals surface area contributed by atoms with E-state index in [-0.39, 0.29) is 49.8 Å². The first-order valence-corrected chi connectivity index (χ1v) is 22.5. The number of unbranched alkanes of at least 4 members (excludes halogenated alkanes) is 1. The van der Waals surface area contributed by atoms with Crippen LogP contribution < -0.4 is 9.47 Å². The van der Waals surface area contributed by atoms with Crippen molar-refractivity contribution in [3.63, 3.8) is 0 Å². The number of esters is 2. The molecule has 0 spiro atoms. The summed E-state index contributed by atoms with van der Waals surface area (Å²) in [4.78, 5) is 57.0. The van der Waals surface area contributed by atoms with Crippen LogP contribution in [-0.4, -0.2) is 60.7 Å². The largest absolute Gasteiger partial charge is 0.491 e. The summed E-state index contributed by atoms with van der Waals surface area (Å²) in [6, 6.07) is 21.1. The Balaban J connectivity index is 1.40. The Bertz CT molecular complexity index is 2080. The lowest BCUT2D eigenvalue weighted by Crippen LogP contribution is -2.39. The van der Waals surface area contributed by atoms with Crippen molar-refractivity contribution >= 4 is 70.8 Å². The first-order chi connectivity index (χ1) is 28.2. The number of fused-ring (bicyclic) bond motifs is 2. The third kappa shape index (κ3) is 9.68. The van der Waals surface area contributed by atoms with Gasteiger partial charge >= 0.3 is 11.9 Å². The first kappa shape index (κ1) is 43.1. The Morgan fingerprint density at radius 2 is 1.29 bits per heavy atom. The van der Waals surface area contributed by atoms with Gasteiger partial charge in [0, 0.05) is 0 Å². The van der Waals surface area contributed by atoms with Gasteiger partial charge in [-0.2, -0.15) is 5.26 Å². The van der Waals surface area contributed by atoms with Crippen LogP contribution in [0.2, 0.25) is 0 Å². The summed E-state index contributed by atoms with van der Waals surface area (Å²) < 4.78 is 24.3. The fourth-order valence-corrected chi connectivity index (χ4v) is 11.8. The van der Waals surface area contributed by atoms with E-state index < -0.39 is 23.8 Å². The minimum Gasteiger partial charge on any atom is -0.491 e. The van der Waals surface area contributed by atoms with E-state index in [1.165, 1.54) is 64.2 Å². The van der Waals surface area contributed by atoms with Crippen LogP contribution in [0.3, 0.4) is 0 Å². The maximum Gasteiger partial charge on any atom is 0.350 e. The van der Waals surface area contributed by atoms with Crippen LogP contribution in [-0.2, 0) is 41.7 Å². The van der Waals surface area contributed by atoms with Gasteiger partial charge in [0.2, 0.25) is 0 Å². The molecule has 0 aliphatic carbocycles. The van der Waals surface area contributed by atoms with Crippen LogP contribution in [0.25, 0.3) is 0 Å². The topological polar surface area (TPSA) is 135 Å². The summed E-state index contributed by atoms with van der Waals surface area (Å²) in [5, 5.41) is 13.3. The predicted octanol–water partition coefficient (Wildman–Crippen LogP) is 9.51. The van der Waals surface area contributed by atoms with Gasteiger partial charge in [0.1, 0.15) is 23.1 Å². The number of methoxy groups -OCH3 is 1. The van der Waals surface area contributed by atoms with E-state index in [2.05, 4.69) is 19.9 Å². The molecule has 11 nitrogen and oxygen atoms in total. The van der Waals surface area contributed by atoms with Crippen LogP contribution in [0.15, 0.2) is 99.9 Å². The zero-order chi connectivity index (χ0) is 41.2. The summed E-state index contributed by atoms with van der Waals surface area (Å²) in [6.07, 6.45) is 4.52. The number of ether oxygens (including phenoxy) is 4. The molecule has 3 heterocycles. The molecule has 1 saturated heterocycles. The van der Waals surface area contributed by atoms with Crippen molar-refractivity contribution in [2.75, 3.05) is 26.9 Å². The highest BCUT2D eigenvalue weighted by molar-refractivity contribution is 8.26. The molecule has 3 aromatic rings. The van der Waals surface area contributed by atoms with Crippen molar-refractivity contribution in [3.8, 4) is 17.6 Å². The molecule has 0 bridgehead atoms. The molecule has 1 atom stereocenters. The van der Waals surface area contributed by atoms with E-state index >= 15 is 0 Å². The second kappa shape index (κ2) is 20.5. The average molecular weight is 860 g/mol. The minimum atomic E-state index is -0.689. The Hall–Kier alpha value is -4.49. The van der Waals surface area contributed by atoms with Crippen LogP contribution in [0.4, 0.5) is 0 Å². The highest BCUT2D eigenvalue weighted by Crippen LogP contribution is 2.68. The fraction of sp³-hybridized carbons (Fsp3) is 0.372. The molecular formula is C43H45N3O8S4. The molecule has 3 aliphatic heterocycles. The molecule has 3 aliphatic rings. The number of nitriles is 1. The van der Waals surface area contributed by atoms with Gasteiger partial charge in [-0.15, -0.1) is 0 Å². The molecule has 0 N–H and O–H groups in total. The third-order valence-corrected chi connectivity index (χ3v) is 14.7. The summed E-state index contributed by atoms with van der Waals surface area (Å²) in [7, 11) is 1.30. The normalized spacial score (nSPS) is 15.9. The zero-order valence-electron chi connectivity index (χ0n) is 32.9. The number of thioether (sulfide) groups is 4. The summed E-state index contributed by atoms with van der Waals surface area (Å²) in [6.45, 7) is 7.12. The van der Waals surface area contributed by atoms with E-state index in [0.29, 0.717) is 52.6 Å². The minimum absolute atomic E-state index is 0.0288. The van der Waals surface area contributed by atoms with Crippen molar-refractivity contribution in [3.05, 3.63) is 91.4 Å². The maximum absolute atomic E-state index is 14.4. The molecule has 1 fully saturated rings. The lowest BCUT2D eigenvalue weighted by atomic mass is 10.0. The van der Waals surface area contributed by atoms with E-state index in [9.17, 15) is 24.4 Å². The van der Waals surface area contributed by atoms with Crippen molar-refractivity contribution in [1.29, 1.82) is 5.26 Å². The van der Waals surface area contributed by atoms with E-state index in [0.717, 1.165) is 36.8 Å². The number of nitrogens with zero attached hydrogens (tertiary/aromatic N) is 3. The lowest BCUT2D eigenvalue weighted by molar-refractivity contribution is -0.149. The van der Waals surface area contributed by atoms with Gasteiger partial charge in [-0.3, -0.25) is 14.4 Å². The number of hydrogen-bond acceptors (Lipinski definition) is 13. The highest BCUT2D eigenvalue weighted by atomic mass is 32.2. The summed E-state index contributed by atoms with van der Waals surface area (Å²) in [5.74, 6) is -0.883. The van der Waals surface area contributed by atoms with Gasteiger partial charge in [-0.1, -0.05) is 148 Å². The van der Waals surface area contributed by atoms with Crippen molar-refractivity contribution in [2.45, 2.75) is 92.0 Å². The smallest absolute Gasteiger partial charge is 0.350 e. The summed E-state index contributed by atoms with van der Waals surface area (Å²) in [5.41, 5.74) is 1.67. The quantitative estimate of drug-likeness (QED) is 0.0521. The van der Waals surface area contributed by atoms with E-state index in [1.807, 2.05) is 67.6 Å². The molecule has 2 amide bonds. The van der Waals surface area contributed by atoms with Gasteiger partial charge in [0.05, 0.1) is 74.5 Å². The molecule has 15 heteroatoms. The SMILES string of the molecule is CCCCC(CC)COC(=O)/C(C#N)=C1\Sc2c(OCCC)c3c(c(OCCC(=O)OC)c2S1)SC(=C1C(=O)N(Cc2ccccc2)N(Cc2ccccc2)C1=O)S3. The van der Waals surface area contributed by atoms with Gasteiger partial charge in [-0.25, -0.2) is 14.8 Å². The van der Waals surface area contributed by atoms with Crippen molar-refractivity contribution in [2.24, 2.45) is 5.92 Å². The number of amides is 2. The summed E-state index contributed by atoms with van der Waals surface area (Å²) >= 11 is 4.92. The molecule has 58 heavy (non-hydrogen) atoms. The van der Waals surface area contributed by atoms with Crippen molar-refractivity contribution < 1.29 is 38.1 Å². The monoisotopic (exact) mass is 859 g/mol. The Kier molecular flexibility index (Phi) is 15.2. The fourth-order valence-electron chi connectivity index (χ4n) is 6.32. The van der Waals surface area contributed by atoms with Crippen LogP contribution in [0, 0.1) is 17.2 Å². The Morgan fingerprint density at radius 3 is 1.78 bits per heavy atom. The van der Waals surface area contributed by atoms with Crippen LogP contribution in [0.5, 0.6) is 11.5 Å². The number of benzene rings is 3. The van der Waals surface area contributed by atoms with Gasteiger partial charge < -0.3 is 18.9 Å². The van der Waals surface area contributed by atoms with E-state index in [1.54, 1.807) is 0 Å². The number of carbonyl (C=O) groups is 4. The standard InChI is InChI=1S/C43H45N3O8S4/c1-5-8-15-27(7-3)26-54-41(50)30(23-44)42-55-35-33(52-21-6-2)37-38(34(36(35)56-42)53-22-20-31(47)51-4)58-43(57-37)32-39(48)45(24-28-16-11-9-12-17-28)46(40(32)49)25-29-18-13-10-14-19-29/h9-14,16-19,27H,5-8,15,20-22,24-26H2,1-4H3/b42-30+. The zero-order valence-corrected chi connectivity index (χ0v) is 36.1. The number of hydrogen-bond donors (Lipinski definition) is 0. The second-order valence-electron chi connectivity index (χ2n) is 13.6. The molecule has 0 saturated carbocycles.